The van der Waals surface area contributed by atoms with Crippen LogP contribution in [-0.2, 0) is 4.79 Å². The Labute approximate surface area is 118 Å². The van der Waals surface area contributed by atoms with E-state index in [1.807, 2.05) is 13.0 Å². The Bertz CT molecular complexity index is 545. The van der Waals surface area contributed by atoms with Crippen molar-refractivity contribution in [3.63, 3.8) is 0 Å². The summed E-state index contributed by atoms with van der Waals surface area (Å²) < 4.78 is 10.8. The monoisotopic (exact) mass is 274 g/mol. The molecule has 5 heteroatoms. The van der Waals surface area contributed by atoms with Crippen molar-refractivity contribution in [3.05, 3.63) is 29.3 Å². The van der Waals surface area contributed by atoms with Crippen LogP contribution in [0, 0.1) is 11.3 Å². The molecular formula is C15H18N2O3. The Morgan fingerprint density at radius 1 is 1.45 bits per heavy atom. The lowest BCUT2D eigenvalue weighted by Crippen LogP contribution is -2.19. The molecule has 106 valence electrons. The number of hydrogen-bond donors (Lipinski definition) is 1. The van der Waals surface area contributed by atoms with E-state index in [1.54, 1.807) is 25.3 Å². The molecule has 0 fully saturated rings. The molecule has 0 saturated carbocycles. The van der Waals surface area contributed by atoms with E-state index in [-0.39, 0.29) is 5.57 Å². The van der Waals surface area contributed by atoms with Gasteiger partial charge in [-0.25, -0.2) is 0 Å². The second kappa shape index (κ2) is 7.85. The van der Waals surface area contributed by atoms with Crippen LogP contribution in [0.3, 0.4) is 0 Å². The minimum atomic E-state index is -0.419. The molecule has 0 heterocycles. The van der Waals surface area contributed by atoms with E-state index >= 15 is 0 Å². The first kappa shape index (κ1) is 15.6. The Balaban J connectivity index is 3.06. The summed E-state index contributed by atoms with van der Waals surface area (Å²) in [5.74, 6) is 0.795. The molecule has 1 aromatic carbocycles. The van der Waals surface area contributed by atoms with Crippen LogP contribution in [0.15, 0.2) is 23.8 Å². The number of methoxy groups -OCH3 is 1. The molecule has 0 aliphatic heterocycles. The van der Waals surface area contributed by atoms with Gasteiger partial charge in [0.25, 0.3) is 5.91 Å². The zero-order chi connectivity index (χ0) is 15.0. The number of hydrogen-bond acceptors (Lipinski definition) is 4. The number of ether oxygens (including phenoxy) is 2. The van der Waals surface area contributed by atoms with Crippen LogP contribution in [-0.4, -0.2) is 26.7 Å². The van der Waals surface area contributed by atoms with Crippen molar-refractivity contribution in [2.45, 2.75) is 13.3 Å². The number of nitriles is 1. The van der Waals surface area contributed by atoms with Gasteiger partial charge in [-0.3, -0.25) is 4.79 Å². The molecule has 0 aliphatic rings. The highest BCUT2D eigenvalue weighted by Crippen LogP contribution is 2.29. The summed E-state index contributed by atoms with van der Waals surface area (Å²) in [6.45, 7) is 2.62. The fraction of sp³-hybridized carbons (Fsp3) is 0.333. The van der Waals surface area contributed by atoms with E-state index in [0.717, 1.165) is 6.42 Å². The number of nitrogens with one attached hydrogen (secondary N) is 1. The highest BCUT2D eigenvalue weighted by Gasteiger charge is 2.08. The molecule has 1 N–H and O–H groups in total. The van der Waals surface area contributed by atoms with Gasteiger partial charge in [0.2, 0.25) is 0 Å². The summed E-state index contributed by atoms with van der Waals surface area (Å²) in [6, 6.07) is 7.13. The maximum absolute atomic E-state index is 11.5. The zero-order valence-corrected chi connectivity index (χ0v) is 11.9. The van der Waals surface area contributed by atoms with Gasteiger partial charge < -0.3 is 14.8 Å². The van der Waals surface area contributed by atoms with Crippen molar-refractivity contribution in [2.24, 2.45) is 0 Å². The molecule has 0 aromatic heterocycles. The van der Waals surface area contributed by atoms with Crippen LogP contribution in [0.5, 0.6) is 11.5 Å². The number of rotatable bonds is 6. The smallest absolute Gasteiger partial charge is 0.261 e. The Hall–Kier alpha value is -2.48. The second-order valence-electron chi connectivity index (χ2n) is 4.01. The SMILES string of the molecule is CCCOc1ccc(/C=C(/C#N)C(=O)NC)cc1OC. The van der Waals surface area contributed by atoms with Crippen molar-refractivity contribution in [1.29, 1.82) is 5.26 Å². The van der Waals surface area contributed by atoms with Crippen LogP contribution in [0.1, 0.15) is 18.9 Å². The Morgan fingerprint density at radius 2 is 2.20 bits per heavy atom. The van der Waals surface area contributed by atoms with Gasteiger partial charge in [0.1, 0.15) is 11.6 Å². The van der Waals surface area contributed by atoms with E-state index in [0.29, 0.717) is 23.7 Å². The number of amides is 1. The Morgan fingerprint density at radius 3 is 2.75 bits per heavy atom. The average Bonchev–Trinajstić information content (AvgIpc) is 2.50. The maximum atomic E-state index is 11.5. The highest BCUT2D eigenvalue weighted by atomic mass is 16.5. The van der Waals surface area contributed by atoms with Gasteiger partial charge in [0.05, 0.1) is 13.7 Å². The molecule has 0 saturated heterocycles. The van der Waals surface area contributed by atoms with Crippen LogP contribution in [0.2, 0.25) is 0 Å². The fourth-order valence-corrected chi connectivity index (χ4v) is 1.56. The van der Waals surface area contributed by atoms with Crippen LogP contribution in [0.4, 0.5) is 0 Å². The predicted octanol–water partition coefficient (Wildman–Crippen LogP) is 2.14. The molecule has 0 atom stereocenters. The summed E-state index contributed by atoms with van der Waals surface area (Å²) >= 11 is 0. The molecule has 1 amide bonds. The maximum Gasteiger partial charge on any atom is 0.261 e. The predicted molar refractivity (Wildman–Crippen MR) is 76.4 cm³/mol. The van der Waals surface area contributed by atoms with Gasteiger partial charge >= 0.3 is 0 Å². The lowest BCUT2D eigenvalue weighted by Gasteiger charge is -2.10. The van der Waals surface area contributed by atoms with E-state index in [2.05, 4.69) is 5.32 Å². The lowest BCUT2D eigenvalue weighted by atomic mass is 10.1. The van der Waals surface area contributed by atoms with E-state index in [9.17, 15) is 4.79 Å². The zero-order valence-electron chi connectivity index (χ0n) is 11.9. The third kappa shape index (κ3) is 4.02. The van der Waals surface area contributed by atoms with E-state index in [1.165, 1.54) is 13.1 Å². The second-order valence-corrected chi connectivity index (χ2v) is 4.01. The molecule has 0 unspecified atom stereocenters. The van der Waals surface area contributed by atoms with Crippen molar-refractivity contribution in [3.8, 4) is 17.6 Å². The number of carbonyl (C=O) groups is 1. The van der Waals surface area contributed by atoms with Crippen LogP contribution >= 0.6 is 0 Å². The average molecular weight is 274 g/mol. The number of benzene rings is 1. The number of nitrogens with zero attached hydrogens (tertiary/aromatic N) is 1. The number of carbonyl (C=O) groups excluding carboxylic acids is 1. The summed E-state index contributed by atoms with van der Waals surface area (Å²) in [4.78, 5) is 11.5. The summed E-state index contributed by atoms with van der Waals surface area (Å²) in [7, 11) is 3.03. The van der Waals surface area contributed by atoms with Gasteiger partial charge in [0.15, 0.2) is 11.5 Å². The minimum absolute atomic E-state index is 0.0387. The molecule has 0 radical (unpaired) electrons. The lowest BCUT2D eigenvalue weighted by molar-refractivity contribution is -0.116. The van der Waals surface area contributed by atoms with E-state index < -0.39 is 5.91 Å². The molecule has 0 spiro atoms. The van der Waals surface area contributed by atoms with Gasteiger partial charge in [-0.15, -0.1) is 0 Å². The molecule has 20 heavy (non-hydrogen) atoms. The van der Waals surface area contributed by atoms with Gasteiger partial charge in [-0.05, 0) is 30.2 Å². The molecule has 1 aromatic rings. The third-order valence-electron chi connectivity index (χ3n) is 2.55. The largest absolute Gasteiger partial charge is 0.493 e. The third-order valence-corrected chi connectivity index (χ3v) is 2.55. The van der Waals surface area contributed by atoms with Crippen molar-refractivity contribution < 1.29 is 14.3 Å². The van der Waals surface area contributed by atoms with Gasteiger partial charge in [-0.1, -0.05) is 13.0 Å². The minimum Gasteiger partial charge on any atom is -0.493 e. The molecule has 5 nitrogen and oxygen atoms in total. The molecule has 0 bridgehead atoms. The van der Waals surface area contributed by atoms with Crippen molar-refractivity contribution >= 4 is 12.0 Å². The van der Waals surface area contributed by atoms with Crippen molar-refractivity contribution in [1.82, 2.24) is 5.32 Å². The molecule has 1 rings (SSSR count). The summed E-state index contributed by atoms with van der Waals surface area (Å²) in [5, 5.41) is 11.4. The van der Waals surface area contributed by atoms with Gasteiger partial charge in [0, 0.05) is 7.05 Å². The highest BCUT2D eigenvalue weighted by molar-refractivity contribution is 6.01. The first-order chi connectivity index (χ1) is 9.65. The topological polar surface area (TPSA) is 71.3 Å². The van der Waals surface area contributed by atoms with Crippen LogP contribution in [0.25, 0.3) is 6.08 Å². The Kier molecular flexibility index (Phi) is 6.11. The van der Waals surface area contributed by atoms with E-state index in [4.69, 9.17) is 14.7 Å². The molecule has 0 aliphatic carbocycles. The summed E-state index contributed by atoms with van der Waals surface area (Å²) in [5.41, 5.74) is 0.739. The standard InChI is InChI=1S/C15H18N2O3/c1-4-7-20-13-6-5-11(9-14(13)19-3)8-12(10-16)15(18)17-2/h5-6,8-9H,4,7H2,1-3H3,(H,17,18)/b12-8-. The fourth-order valence-electron chi connectivity index (χ4n) is 1.56. The quantitative estimate of drug-likeness (QED) is 0.637. The van der Waals surface area contributed by atoms with Gasteiger partial charge in [-0.2, -0.15) is 5.26 Å². The summed E-state index contributed by atoms with van der Waals surface area (Å²) in [6.07, 6.45) is 2.41. The molecular weight excluding hydrogens is 256 g/mol. The van der Waals surface area contributed by atoms with Crippen LogP contribution < -0.4 is 14.8 Å². The first-order valence-corrected chi connectivity index (χ1v) is 6.31. The van der Waals surface area contributed by atoms with Crippen molar-refractivity contribution in [2.75, 3.05) is 20.8 Å². The number of likely N-dealkylation sites (N-methyl/N-ethyl adjacent to an activating group) is 1. The first-order valence-electron chi connectivity index (χ1n) is 6.31. The normalized spacial score (nSPS) is 10.6.